The number of nitrogens with zero attached hydrogens (tertiary/aromatic N) is 2. The zero-order valence-electron chi connectivity index (χ0n) is 28.3. The normalized spacial score (nSPS) is 44.5. The summed E-state index contributed by atoms with van der Waals surface area (Å²) in [5.74, 6) is 4.91. The lowest BCUT2D eigenvalue weighted by Crippen LogP contribution is -2.60. The predicted molar refractivity (Wildman–Crippen MR) is 170 cm³/mol. The third-order valence-electron chi connectivity index (χ3n) is 13.5. The highest BCUT2D eigenvalue weighted by atomic mass is 16.7. The summed E-state index contributed by atoms with van der Waals surface area (Å²) >= 11 is 0. The second kappa shape index (κ2) is 12.7. The Morgan fingerprint density at radius 1 is 1.00 bits per heavy atom. The average Bonchev–Trinajstić information content (AvgIpc) is 3.56. The van der Waals surface area contributed by atoms with Crippen molar-refractivity contribution in [2.75, 3.05) is 0 Å². The number of aliphatic hydroxyl groups excluding tert-OH is 3. The molecule has 1 aliphatic heterocycles. The molecule has 248 valence electrons. The van der Waals surface area contributed by atoms with Crippen molar-refractivity contribution in [1.29, 1.82) is 0 Å². The van der Waals surface area contributed by atoms with E-state index in [2.05, 4.69) is 40.7 Å². The molecule has 0 bridgehead atoms. The van der Waals surface area contributed by atoms with E-state index in [-0.39, 0.29) is 11.5 Å². The van der Waals surface area contributed by atoms with Crippen molar-refractivity contribution in [2.45, 2.75) is 149 Å². The van der Waals surface area contributed by atoms with Gasteiger partial charge in [-0.05, 0) is 97.7 Å². The highest BCUT2D eigenvalue weighted by molar-refractivity contribution is 5.25. The third kappa shape index (κ3) is 5.98. The first-order chi connectivity index (χ1) is 20.9. The Kier molecular flexibility index (Phi) is 9.47. The zero-order chi connectivity index (χ0) is 31.4. The number of aromatic nitrogens is 2. The summed E-state index contributed by atoms with van der Waals surface area (Å²) in [4.78, 5) is 0. The van der Waals surface area contributed by atoms with Gasteiger partial charge in [-0.3, -0.25) is 0 Å². The molecule has 0 amide bonds. The van der Waals surface area contributed by atoms with E-state index in [1.807, 2.05) is 34.9 Å². The smallest absolute Gasteiger partial charge is 0.243 e. The first kappa shape index (κ1) is 32.7. The number of aliphatic hydroxyl groups is 3. The molecule has 1 aromatic heterocycles. The van der Waals surface area contributed by atoms with Gasteiger partial charge in [0, 0.05) is 0 Å². The summed E-state index contributed by atoms with van der Waals surface area (Å²) in [6.07, 6.45) is 16.6. The van der Waals surface area contributed by atoms with Crippen LogP contribution < -0.4 is 4.57 Å². The van der Waals surface area contributed by atoms with Crippen molar-refractivity contribution in [3.05, 3.63) is 30.4 Å². The van der Waals surface area contributed by atoms with Crippen LogP contribution in [0.2, 0.25) is 0 Å². The van der Waals surface area contributed by atoms with Crippen LogP contribution in [0.3, 0.4) is 0 Å². The van der Waals surface area contributed by atoms with Crippen molar-refractivity contribution >= 4 is 0 Å². The number of rotatable bonds is 9. The van der Waals surface area contributed by atoms with Crippen LogP contribution in [0, 0.1) is 46.3 Å². The van der Waals surface area contributed by atoms with Crippen molar-refractivity contribution in [1.82, 2.24) is 4.57 Å². The SMILES string of the molecule is CC(C)CCC[C@@H](C)[C@H]1CC[C@H]2[C@@H]3CC=C4C[C@@H](O[C@@H]5O[C@H](Cn6cc[n+](C)c6)[C@@H](O)[C@H](O)[C@H]5O)CC[C@]4(C)[C@H]3CC[C@]12C. The summed E-state index contributed by atoms with van der Waals surface area (Å²) in [7, 11) is 1.94. The monoisotopic (exact) mass is 613 g/mol. The van der Waals surface area contributed by atoms with E-state index in [1.54, 1.807) is 0 Å². The maximum absolute atomic E-state index is 10.8. The van der Waals surface area contributed by atoms with E-state index >= 15 is 0 Å². The van der Waals surface area contributed by atoms with Crippen LogP contribution in [0.4, 0.5) is 0 Å². The van der Waals surface area contributed by atoms with Gasteiger partial charge in [0.2, 0.25) is 6.33 Å². The lowest BCUT2D eigenvalue weighted by molar-refractivity contribution is -0.671. The molecule has 6 rings (SSSR count). The number of hydrogen-bond donors (Lipinski definition) is 3. The summed E-state index contributed by atoms with van der Waals surface area (Å²) in [5.41, 5.74) is 2.26. The minimum Gasteiger partial charge on any atom is -0.387 e. The molecule has 7 nitrogen and oxygen atoms in total. The number of hydrogen-bond acceptors (Lipinski definition) is 5. The summed E-state index contributed by atoms with van der Waals surface area (Å²) in [6.45, 7) is 12.8. The van der Waals surface area contributed by atoms with Gasteiger partial charge in [-0.25, -0.2) is 9.13 Å². The molecular formula is C37H61N2O5+. The van der Waals surface area contributed by atoms with Gasteiger partial charge in [-0.1, -0.05) is 65.5 Å². The fourth-order valence-electron chi connectivity index (χ4n) is 11.0. The highest BCUT2D eigenvalue weighted by Crippen LogP contribution is 2.67. The van der Waals surface area contributed by atoms with Gasteiger partial charge in [-0.2, -0.15) is 0 Å². The van der Waals surface area contributed by atoms with E-state index in [0.29, 0.717) is 12.0 Å². The van der Waals surface area contributed by atoms with Crippen molar-refractivity contribution < 1.29 is 29.4 Å². The molecule has 0 unspecified atom stereocenters. The first-order valence-electron chi connectivity index (χ1n) is 18.0. The third-order valence-corrected chi connectivity index (χ3v) is 13.5. The quantitative estimate of drug-likeness (QED) is 0.251. The Morgan fingerprint density at radius 2 is 1.80 bits per heavy atom. The minimum absolute atomic E-state index is 0.0607. The van der Waals surface area contributed by atoms with Crippen LogP contribution in [-0.4, -0.2) is 56.7 Å². The molecule has 4 fully saturated rings. The standard InChI is InChI=1S/C37H61N2O5/c1-23(2)8-7-9-24(3)28-12-13-29-27-11-10-25-20-26(14-16-36(25,4)30(27)15-17-37(28,29)5)43-35-34(42)33(41)32(40)31(44-35)21-39-19-18-38(6)22-39/h10,18-19,22-24,26-35,40-42H,7-9,11-17,20-21H2,1-6H3/q+1/t24-,26+,27+,28-,29+,30+,31-,32-,33+,34-,35-,36+,37-/m1/s1. The van der Waals surface area contributed by atoms with Crippen molar-refractivity contribution in [3.63, 3.8) is 0 Å². The molecule has 44 heavy (non-hydrogen) atoms. The van der Waals surface area contributed by atoms with E-state index in [4.69, 9.17) is 9.47 Å². The molecule has 7 heteroatoms. The fourth-order valence-corrected chi connectivity index (χ4v) is 11.0. The maximum atomic E-state index is 10.8. The van der Waals surface area contributed by atoms with Crippen molar-refractivity contribution in [3.8, 4) is 0 Å². The second-order valence-electron chi connectivity index (χ2n) is 16.6. The van der Waals surface area contributed by atoms with Gasteiger partial charge < -0.3 is 24.8 Å². The number of allylic oxidation sites excluding steroid dienone is 1. The molecule has 0 spiro atoms. The molecule has 1 aromatic rings. The molecule has 1 saturated heterocycles. The van der Waals surface area contributed by atoms with Crippen LogP contribution in [0.5, 0.6) is 0 Å². The molecule has 5 aliphatic rings. The van der Waals surface area contributed by atoms with E-state index in [0.717, 1.165) is 54.8 Å². The van der Waals surface area contributed by atoms with Crippen LogP contribution in [-0.2, 0) is 23.1 Å². The lowest BCUT2D eigenvalue weighted by Gasteiger charge is -2.58. The number of imidazole rings is 1. The topological polar surface area (TPSA) is 88.0 Å². The van der Waals surface area contributed by atoms with Gasteiger partial charge in [0.1, 0.15) is 43.4 Å². The predicted octanol–water partition coefficient (Wildman–Crippen LogP) is 5.55. The number of aryl methyl sites for hydroxylation is 1. The summed E-state index contributed by atoms with van der Waals surface area (Å²) in [6, 6.07) is 0. The minimum atomic E-state index is -1.31. The largest absolute Gasteiger partial charge is 0.387 e. The molecule has 3 N–H and O–H groups in total. The van der Waals surface area contributed by atoms with E-state index in [9.17, 15) is 15.3 Å². The first-order valence-corrected chi connectivity index (χ1v) is 18.0. The zero-order valence-corrected chi connectivity index (χ0v) is 28.3. The summed E-state index contributed by atoms with van der Waals surface area (Å²) < 4.78 is 16.4. The Labute approximate surface area is 266 Å². The Bertz CT molecular complexity index is 1170. The van der Waals surface area contributed by atoms with E-state index in [1.165, 1.54) is 56.9 Å². The van der Waals surface area contributed by atoms with E-state index < -0.39 is 30.7 Å². The fraction of sp³-hybridized carbons (Fsp3) is 0.865. The molecule has 0 radical (unpaired) electrons. The number of fused-ring (bicyclic) bond motifs is 5. The number of ether oxygens (including phenoxy) is 2. The van der Waals surface area contributed by atoms with Crippen molar-refractivity contribution in [2.24, 2.45) is 53.4 Å². The molecule has 3 saturated carbocycles. The van der Waals surface area contributed by atoms with Crippen LogP contribution in [0.25, 0.3) is 0 Å². The molecular weight excluding hydrogens is 552 g/mol. The molecule has 2 heterocycles. The Hall–Kier alpha value is -1.25. The highest BCUT2D eigenvalue weighted by Gasteiger charge is 2.59. The van der Waals surface area contributed by atoms with Gasteiger partial charge in [-0.15, -0.1) is 0 Å². The van der Waals surface area contributed by atoms with Gasteiger partial charge in [0.25, 0.3) is 0 Å². The maximum Gasteiger partial charge on any atom is 0.243 e. The van der Waals surface area contributed by atoms with Gasteiger partial charge in [0.05, 0.1) is 13.2 Å². The second-order valence-corrected chi connectivity index (χ2v) is 16.6. The Morgan fingerprint density at radius 3 is 2.52 bits per heavy atom. The lowest BCUT2D eigenvalue weighted by atomic mass is 9.47. The summed E-state index contributed by atoms with van der Waals surface area (Å²) in [5, 5.41) is 32.2. The molecule has 13 atom stereocenters. The van der Waals surface area contributed by atoms with Crippen LogP contribution in [0.1, 0.15) is 105 Å². The average molecular weight is 614 g/mol. The Balaban J connectivity index is 1.10. The van der Waals surface area contributed by atoms with Gasteiger partial charge >= 0.3 is 0 Å². The molecule has 4 aliphatic carbocycles. The van der Waals surface area contributed by atoms with Crippen LogP contribution in [0.15, 0.2) is 30.4 Å². The molecule has 0 aromatic carbocycles. The van der Waals surface area contributed by atoms with Gasteiger partial charge in [0.15, 0.2) is 6.29 Å². The van der Waals surface area contributed by atoms with Crippen LogP contribution >= 0.6 is 0 Å².